The summed E-state index contributed by atoms with van der Waals surface area (Å²) in [5.74, 6) is 0.432. The zero-order chi connectivity index (χ0) is 18.4. The average Bonchev–Trinajstić information content (AvgIpc) is 2.66. The summed E-state index contributed by atoms with van der Waals surface area (Å²) in [6.07, 6.45) is 1.59. The SMILES string of the molecule is O=C(NCCN1CCOCC1)c1ccnc(Nc2ccc(Cl)c(Cl)c2)c1. The standard InChI is InChI=1S/C18H20Cl2N4O2/c19-15-2-1-14(12-16(15)20)23-17-11-13(3-4-21-17)18(25)22-5-6-24-7-9-26-10-8-24/h1-4,11-12H,5-10H2,(H,21,23)(H,22,25). The zero-order valence-corrected chi connectivity index (χ0v) is 15.7. The molecular formula is C18H20Cl2N4O2. The Morgan fingerprint density at radius 3 is 2.73 bits per heavy atom. The average molecular weight is 395 g/mol. The predicted octanol–water partition coefficient (Wildman–Crippen LogP) is 3.19. The summed E-state index contributed by atoms with van der Waals surface area (Å²) in [5, 5.41) is 6.99. The number of benzene rings is 1. The molecule has 0 spiro atoms. The lowest BCUT2D eigenvalue weighted by molar-refractivity contribution is 0.0383. The van der Waals surface area contributed by atoms with E-state index in [1.165, 1.54) is 0 Å². The van der Waals surface area contributed by atoms with Gasteiger partial charge < -0.3 is 15.4 Å². The van der Waals surface area contributed by atoms with E-state index in [1.807, 2.05) is 0 Å². The Bertz CT molecular complexity index is 767. The first-order valence-corrected chi connectivity index (χ1v) is 9.14. The molecule has 2 heterocycles. The summed E-state index contributed by atoms with van der Waals surface area (Å²) < 4.78 is 5.31. The molecule has 1 aromatic heterocycles. The van der Waals surface area contributed by atoms with E-state index in [9.17, 15) is 4.79 Å². The Kier molecular flexibility index (Phi) is 6.68. The molecule has 0 unspecified atom stereocenters. The Morgan fingerprint density at radius 1 is 1.15 bits per heavy atom. The van der Waals surface area contributed by atoms with Gasteiger partial charge in [0.25, 0.3) is 5.91 Å². The number of morpholine rings is 1. The third-order valence-corrected chi connectivity index (χ3v) is 4.77. The number of carbonyl (C=O) groups excluding carboxylic acids is 1. The Labute approximate surface area is 162 Å². The highest BCUT2D eigenvalue weighted by molar-refractivity contribution is 6.42. The van der Waals surface area contributed by atoms with Gasteiger partial charge in [-0.2, -0.15) is 0 Å². The first kappa shape index (κ1) is 18.9. The lowest BCUT2D eigenvalue weighted by atomic mass is 10.2. The fourth-order valence-corrected chi connectivity index (χ4v) is 2.91. The summed E-state index contributed by atoms with van der Waals surface area (Å²) in [7, 11) is 0. The molecule has 1 aromatic carbocycles. The summed E-state index contributed by atoms with van der Waals surface area (Å²) in [5.41, 5.74) is 1.29. The fraction of sp³-hybridized carbons (Fsp3) is 0.333. The summed E-state index contributed by atoms with van der Waals surface area (Å²) in [6, 6.07) is 8.59. The van der Waals surface area contributed by atoms with Crippen LogP contribution in [0.25, 0.3) is 0 Å². The van der Waals surface area contributed by atoms with Crippen LogP contribution in [0.15, 0.2) is 36.5 Å². The van der Waals surface area contributed by atoms with Gasteiger partial charge >= 0.3 is 0 Å². The van der Waals surface area contributed by atoms with Gasteiger partial charge in [0.2, 0.25) is 0 Å². The van der Waals surface area contributed by atoms with Crippen LogP contribution in [0, 0.1) is 0 Å². The predicted molar refractivity (Wildman–Crippen MR) is 104 cm³/mol. The number of ether oxygens (including phenoxy) is 1. The van der Waals surface area contributed by atoms with Crippen molar-refractivity contribution in [3.63, 3.8) is 0 Å². The number of hydrogen-bond donors (Lipinski definition) is 2. The number of pyridine rings is 1. The second-order valence-corrected chi connectivity index (χ2v) is 6.71. The van der Waals surface area contributed by atoms with Crippen molar-refractivity contribution in [3.05, 3.63) is 52.1 Å². The van der Waals surface area contributed by atoms with Gasteiger partial charge in [0.15, 0.2) is 0 Å². The second kappa shape index (κ2) is 9.19. The van der Waals surface area contributed by atoms with Crippen molar-refractivity contribution in [2.75, 3.05) is 44.7 Å². The number of rotatable bonds is 6. The molecule has 1 fully saturated rings. The number of halogens is 2. The molecule has 2 aromatic rings. The van der Waals surface area contributed by atoms with Crippen LogP contribution in [0.5, 0.6) is 0 Å². The Hall–Kier alpha value is -1.86. The minimum atomic E-state index is -0.127. The molecule has 0 radical (unpaired) electrons. The number of nitrogens with zero attached hydrogens (tertiary/aromatic N) is 2. The van der Waals surface area contributed by atoms with Crippen molar-refractivity contribution in [3.8, 4) is 0 Å². The van der Waals surface area contributed by atoms with Gasteiger partial charge in [-0.05, 0) is 30.3 Å². The molecule has 138 valence electrons. The van der Waals surface area contributed by atoms with Crippen LogP contribution in [-0.4, -0.2) is 55.2 Å². The number of nitrogens with one attached hydrogen (secondary N) is 2. The molecule has 8 heteroatoms. The van der Waals surface area contributed by atoms with E-state index in [-0.39, 0.29) is 5.91 Å². The molecule has 1 saturated heterocycles. The van der Waals surface area contributed by atoms with Crippen LogP contribution >= 0.6 is 23.2 Å². The number of amides is 1. The number of aromatic nitrogens is 1. The molecular weight excluding hydrogens is 375 g/mol. The first-order valence-electron chi connectivity index (χ1n) is 8.38. The van der Waals surface area contributed by atoms with Crippen molar-refractivity contribution in [1.82, 2.24) is 15.2 Å². The normalized spacial score (nSPS) is 14.8. The van der Waals surface area contributed by atoms with E-state index in [0.29, 0.717) is 28.0 Å². The Morgan fingerprint density at radius 2 is 1.96 bits per heavy atom. The maximum absolute atomic E-state index is 12.3. The van der Waals surface area contributed by atoms with Gasteiger partial charge in [0.05, 0.1) is 23.3 Å². The first-order chi connectivity index (χ1) is 12.6. The molecule has 3 rings (SSSR count). The van der Waals surface area contributed by atoms with Crippen LogP contribution < -0.4 is 10.6 Å². The summed E-state index contributed by atoms with van der Waals surface area (Å²) in [6.45, 7) is 4.72. The molecule has 1 aliphatic heterocycles. The van der Waals surface area contributed by atoms with Gasteiger partial charge in [-0.1, -0.05) is 23.2 Å². The highest BCUT2D eigenvalue weighted by Crippen LogP contribution is 2.26. The molecule has 0 aliphatic carbocycles. The molecule has 1 amide bonds. The van der Waals surface area contributed by atoms with Crippen molar-refractivity contribution in [2.24, 2.45) is 0 Å². The number of carbonyl (C=O) groups is 1. The minimum Gasteiger partial charge on any atom is -0.379 e. The fourth-order valence-electron chi connectivity index (χ4n) is 2.62. The molecule has 0 saturated carbocycles. The maximum Gasteiger partial charge on any atom is 0.251 e. The third kappa shape index (κ3) is 5.32. The smallest absolute Gasteiger partial charge is 0.251 e. The van der Waals surface area contributed by atoms with Crippen molar-refractivity contribution in [1.29, 1.82) is 0 Å². The van der Waals surface area contributed by atoms with Crippen LogP contribution in [0.4, 0.5) is 11.5 Å². The number of anilines is 2. The highest BCUT2D eigenvalue weighted by atomic mass is 35.5. The van der Waals surface area contributed by atoms with Crippen molar-refractivity contribution in [2.45, 2.75) is 0 Å². The van der Waals surface area contributed by atoms with Crippen molar-refractivity contribution >= 4 is 40.6 Å². The Balaban J connectivity index is 1.55. The molecule has 0 atom stereocenters. The van der Waals surface area contributed by atoms with E-state index in [1.54, 1.807) is 36.5 Å². The summed E-state index contributed by atoms with van der Waals surface area (Å²) in [4.78, 5) is 18.8. The molecule has 6 nitrogen and oxygen atoms in total. The quantitative estimate of drug-likeness (QED) is 0.787. The number of hydrogen-bond acceptors (Lipinski definition) is 5. The van der Waals surface area contributed by atoms with E-state index >= 15 is 0 Å². The van der Waals surface area contributed by atoms with Gasteiger partial charge in [-0.25, -0.2) is 4.98 Å². The zero-order valence-electron chi connectivity index (χ0n) is 14.2. The topological polar surface area (TPSA) is 66.5 Å². The molecule has 0 bridgehead atoms. The lowest BCUT2D eigenvalue weighted by Gasteiger charge is -2.26. The van der Waals surface area contributed by atoms with Gasteiger partial charge in [0, 0.05) is 43.6 Å². The minimum absolute atomic E-state index is 0.127. The van der Waals surface area contributed by atoms with Crippen LogP contribution in [0.3, 0.4) is 0 Å². The molecule has 26 heavy (non-hydrogen) atoms. The van der Waals surface area contributed by atoms with E-state index in [0.717, 1.165) is 38.5 Å². The highest BCUT2D eigenvalue weighted by Gasteiger charge is 2.11. The lowest BCUT2D eigenvalue weighted by Crippen LogP contribution is -2.41. The summed E-state index contributed by atoms with van der Waals surface area (Å²) >= 11 is 11.9. The monoisotopic (exact) mass is 394 g/mol. The second-order valence-electron chi connectivity index (χ2n) is 5.89. The van der Waals surface area contributed by atoms with Crippen molar-refractivity contribution < 1.29 is 9.53 Å². The van der Waals surface area contributed by atoms with E-state index in [2.05, 4.69) is 20.5 Å². The maximum atomic E-state index is 12.3. The van der Waals surface area contributed by atoms with Gasteiger partial charge in [-0.15, -0.1) is 0 Å². The van der Waals surface area contributed by atoms with Gasteiger partial charge in [-0.3, -0.25) is 9.69 Å². The molecule has 1 aliphatic rings. The largest absolute Gasteiger partial charge is 0.379 e. The van der Waals surface area contributed by atoms with E-state index in [4.69, 9.17) is 27.9 Å². The van der Waals surface area contributed by atoms with Crippen LogP contribution in [-0.2, 0) is 4.74 Å². The van der Waals surface area contributed by atoms with E-state index < -0.39 is 0 Å². The van der Waals surface area contributed by atoms with Crippen LogP contribution in [0.2, 0.25) is 10.0 Å². The molecule has 2 N–H and O–H groups in total. The third-order valence-electron chi connectivity index (χ3n) is 4.03. The van der Waals surface area contributed by atoms with Gasteiger partial charge in [0.1, 0.15) is 5.82 Å². The van der Waals surface area contributed by atoms with Crippen LogP contribution in [0.1, 0.15) is 10.4 Å².